The number of hydrogen-bond acceptors (Lipinski definition) is 3. The molecule has 13 heavy (non-hydrogen) atoms. The van der Waals surface area contributed by atoms with Crippen LogP contribution in [0.2, 0.25) is 0 Å². The Morgan fingerprint density at radius 3 is 2.69 bits per heavy atom. The smallest absolute Gasteiger partial charge is 0.181 e. The van der Waals surface area contributed by atoms with Gasteiger partial charge in [0.1, 0.15) is 0 Å². The molecule has 0 bridgehead atoms. The molecule has 72 valence electrons. The van der Waals surface area contributed by atoms with Crippen LogP contribution >= 0.6 is 23.1 Å². The summed E-state index contributed by atoms with van der Waals surface area (Å²) in [5.74, 6) is 1.48. The van der Waals surface area contributed by atoms with Crippen LogP contribution < -0.4 is 5.43 Å². The first kappa shape index (κ1) is 10.8. The van der Waals surface area contributed by atoms with Gasteiger partial charge >= 0.3 is 0 Å². The van der Waals surface area contributed by atoms with E-state index in [9.17, 15) is 4.79 Å². The fraction of sp³-hybridized carbons (Fsp3) is 0.500. The van der Waals surface area contributed by atoms with E-state index in [1.54, 1.807) is 35.2 Å². The highest BCUT2D eigenvalue weighted by atomic mass is 32.2. The van der Waals surface area contributed by atoms with Crippen molar-refractivity contribution < 1.29 is 0 Å². The highest BCUT2D eigenvalue weighted by molar-refractivity contribution is 8.01. The zero-order valence-electron chi connectivity index (χ0n) is 8.16. The maximum atomic E-state index is 11.3. The van der Waals surface area contributed by atoms with Crippen molar-refractivity contribution in [1.29, 1.82) is 0 Å². The van der Waals surface area contributed by atoms with E-state index < -0.39 is 0 Å². The zero-order chi connectivity index (χ0) is 9.84. The van der Waals surface area contributed by atoms with Crippen LogP contribution in [0.4, 0.5) is 0 Å². The lowest BCUT2D eigenvalue weighted by Gasteiger charge is -2.04. The number of rotatable bonds is 3. The molecule has 0 N–H and O–H groups in total. The van der Waals surface area contributed by atoms with E-state index in [4.69, 9.17) is 0 Å². The molecule has 0 aliphatic carbocycles. The summed E-state index contributed by atoms with van der Waals surface area (Å²) in [5.41, 5.74) is 0.137. The molecule has 0 aromatic carbocycles. The fourth-order valence-electron chi connectivity index (χ4n) is 0.971. The SMILES string of the molecule is CCSc1cc(=O)cc(C(C)C)s1. The predicted octanol–water partition coefficient (Wildman–Crippen LogP) is 3.34. The maximum Gasteiger partial charge on any atom is 0.181 e. The average Bonchev–Trinajstić information content (AvgIpc) is 2.03. The number of thioether (sulfide) groups is 1. The van der Waals surface area contributed by atoms with Crippen molar-refractivity contribution >= 4 is 23.1 Å². The van der Waals surface area contributed by atoms with Crippen molar-refractivity contribution in [2.45, 2.75) is 30.9 Å². The molecule has 0 aliphatic rings. The largest absolute Gasteiger partial charge is 0.290 e. The molecule has 1 heterocycles. The molecule has 0 unspecified atom stereocenters. The van der Waals surface area contributed by atoms with E-state index in [1.165, 1.54) is 4.88 Å². The lowest BCUT2D eigenvalue weighted by molar-refractivity contribution is 0.886. The minimum atomic E-state index is 0.137. The van der Waals surface area contributed by atoms with E-state index in [2.05, 4.69) is 20.8 Å². The first-order valence-electron chi connectivity index (χ1n) is 4.41. The third-order valence-corrected chi connectivity index (χ3v) is 4.06. The second-order valence-electron chi connectivity index (χ2n) is 3.10. The lowest BCUT2D eigenvalue weighted by Crippen LogP contribution is -1.99. The maximum absolute atomic E-state index is 11.3. The van der Waals surface area contributed by atoms with Crippen molar-refractivity contribution in [3.05, 3.63) is 27.2 Å². The summed E-state index contributed by atoms with van der Waals surface area (Å²) in [6.07, 6.45) is 0. The summed E-state index contributed by atoms with van der Waals surface area (Å²) in [7, 11) is 0. The van der Waals surface area contributed by atoms with Gasteiger partial charge in [0.25, 0.3) is 0 Å². The molecule has 1 aromatic heterocycles. The summed E-state index contributed by atoms with van der Waals surface area (Å²) in [4.78, 5) is 12.5. The van der Waals surface area contributed by atoms with Gasteiger partial charge in [-0.25, -0.2) is 0 Å². The molecule has 1 aromatic rings. The van der Waals surface area contributed by atoms with E-state index in [1.807, 2.05) is 0 Å². The van der Waals surface area contributed by atoms with E-state index >= 15 is 0 Å². The Hall–Kier alpha value is -0.280. The van der Waals surface area contributed by atoms with E-state index in [0.29, 0.717) is 5.92 Å². The van der Waals surface area contributed by atoms with Gasteiger partial charge in [-0.05, 0) is 17.7 Å². The molecular weight excluding hydrogens is 200 g/mol. The molecule has 0 atom stereocenters. The summed E-state index contributed by atoms with van der Waals surface area (Å²) < 4.78 is 1.14. The van der Waals surface area contributed by atoms with Crippen LogP contribution in [0, 0.1) is 0 Å². The van der Waals surface area contributed by atoms with E-state index in [0.717, 1.165) is 9.96 Å². The van der Waals surface area contributed by atoms with Gasteiger partial charge in [0.2, 0.25) is 0 Å². The van der Waals surface area contributed by atoms with Crippen LogP contribution in [0.1, 0.15) is 31.6 Å². The molecule has 0 saturated heterocycles. The van der Waals surface area contributed by atoms with Crippen molar-refractivity contribution in [3.63, 3.8) is 0 Å². The van der Waals surface area contributed by atoms with Crippen LogP contribution in [0.25, 0.3) is 0 Å². The normalized spacial score (nSPS) is 10.8. The van der Waals surface area contributed by atoms with Gasteiger partial charge in [-0.15, -0.1) is 23.1 Å². The molecule has 3 heteroatoms. The monoisotopic (exact) mass is 214 g/mol. The van der Waals surface area contributed by atoms with Crippen molar-refractivity contribution in [3.8, 4) is 0 Å². The molecule has 1 rings (SSSR count). The van der Waals surface area contributed by atoms with Gasteiger partial charge in [-0.3, -0.25) is 4.79 Å². The second kappa shape index (κ2) is 4.82. The predicted molar refractivity (Wildman–Crippen MR) is 61.1 cm³/mol. The first-order valence-corrected chi connectivity index (χ1v) is 6.21. The minimum absolute atomic E-state index is 0.137. The summed E-state index contributed by atoms with van der Waals surface area (Å²) in [6, 6.07) is 3.47. The molecule has 0 aliphatic heterocycles. The van der Waals surface area contributed by atoms with E-state index in [-0.39, 0.29) is 5.43 Å². The highest BCUT2D eigenvalue weighted by Crippen LogP contribution is 2.27. The van der Waals surface area contributed by atoms with Gasteiger partial charge in [0.15, 0.2) is 5.43 Å². The number of hydrogen-bond donors (Lipinski definition) is 0. The molecule has 0 spiro atoms. The third-order valence-electron chi connectivity index (χ3n) is 1.62. The average molecular weight is 214 g/mol. The topological polar surface area (TPSA) is 17.1 Å². The van der Waals surface area contributed by atoms with Gasteiger partial charge < -0.3 is 0 Å². The third kappa shape index (κ3) is 3.16. The Labute approximate surface area is 87.2 Å². The molecule has 0 fully saturated rings. The van der Waals surface area contributed by atoms with Crippen molar-refractivity contribution in [1.82, 2.24) is 0 Å². The Bertz CT molecular complexity index is 328. The van der Waals surface area contributed by atoms with Gasteiger partial charge in [-0.2, -0.15) is 0 Å². The standard InChI is InChI=1S/C10H14OS2/c1-4-12-10-6-8(11)5-9(13-10)7(2)3/h5-7H,4H2,1-3H3. The summed E-state index contributed by atoms with van der Waals surface area (Å²) in [5, 5.41) is 0. The quantitative estimate of drug-likeness (QED) is 0.718. The van der Waals surface area contributed by atoms with Gasteiger partial charge in [0, 0.05) is 10.9 Å². The molecule has 0 amide bonds. The fourth-order valence-corrected chi connectivity index (χ4v) is 3.15. The zero-order valence-corrected chi connectivity index (χ0v) is 9.80. The second-order valence-corrected chi connectivity index (χ2v) is 5.78. The summed E-state index contributed by atoms with van der Waals surface area (Å²) in [6.45, 7) is 6.33. The first-order chi connectivity index (χ1) is 6.13. The molecule has 0 radical (unpaired) electrons. The van der Waals surface area contributed by atoms with Crippen LogP contribution in [0.15, 0.2) is 21.1 Å². The van der Waals surface area contributed by atoms with Crippen LogP contribution in [-0.4, -0.2) is 5.75 Å². The summed E-state index contributed by atoms with van der Waals surface area (Å²) >= 11 is 3.47. The molecule has 0 saturated carbocycles. The van der Waals surface area contributed by atoms with Crippen molar-refractivity contribution in [2.24, 2.45) is 0 Å². The Morgan fingerprint density at radius 2 is 2.15 bits per heavy atom. The van der Waals surface area contributed by atoms with Crippen molar-refractivity contribution in [2.75, 3.05) is 5.75 Å². The molecule has 1 nitrogen and oxygen atoms in total. The Kier molecular flexibility index (Phi) is 4.00. The van der Waals surface area contributed by atoms with Crippen LogP contribution in [0.3, 0.4) is 0 Å². The molecular formula is C10H14OS2. The van der Waals surface area contributed by atoms with Crippen LogP contribution in [-0.2, 0) is 0 Å². The van der Waals surface area contributed by atoms with Gasteiger partial charge in [0.05, 0.1) is 4.21 Å². The lowest BCUT2D eigenvalue weighted by atomic mass is 10.2. The Balaban J connectivity index is 3.04. The Morgan fingerprint density at radius 1 is 1.46 bits per heavy atom. The van der Waals surface area contributed by atoms with Crippen LogP contribution in [0.5, 0.6) is 0 Å². The minimum Gasteiger partial charge on any atom is -0.290 e. The highest BCUT2D eigenvalue weighted by Gasteiger charge is 2.03. The van der Waals surface area contributed by atoms with Gasteiger partial charge in [-0.1, -0.05) is 20.8 Å².